The first-order chi connectivity index (χ1) is 15.0. The third-order valence-electron chi connectivity index (χ3n) is 11.3. The normalized spacial score (nSPS) is 47.9. The largest absolute Gasteiger partial charge is 0.393 e. The maximum absolute atomic E-state index is 11.4. The van der Waals surface area contributed by atoms with Gasteiger partial charge in [-0.15, -0.1) is 0 Å². The van der Waals surface area contributed by atoms with E-state index in [1.54, 1.807) is 0 Å². The maximum atomic E-state index is 11.4. The Balaban J connectivity index is 1.56. The lowest BCUT2D eigenvalue weighted by Crippen LogP contribution is -2.55. The Hall–Kier alpha value is -0.380. The monoisotopic (exact) mass is 446 g/mol. The molecule has 0 unspecified atom stereocenters. The molecule has 11 atom stereocenters. The molecule has 3 nitrogen and oxygen atoms in total. The highest BCUT2D eigenvalue weighted by molar-refractivity contribution is 5.28. The van der Waals surface area contributed by atoms with Gasteiger partial charge in [0, 0.05) is 0 Å². The second-order valence-electron chi connectivity index (χ2n) is 13.1. The molecule has 0 aromatic carbocycles. The zero-order chi connectivity index (χ0) is 23.4. The van der Waals surface area contributed by atoms with E-state index in [1.165, 1.54) is 31.3 Å². The molecular weight excluding hydrogens is 396 g/mol. The highest BCUT2D eigenvalue weighted by atomic mass is 16.3. The lowest BCUT2D eigenvalue weighted by Gasteiger charge is -2.59. The summed E-state index contributed by atoms with van der Waals surface area (Å²) in [6.07, 6.45) is 10.7. The maximum Gasteiger partial charge on any atom is 0.0757 e. The van der Waals surface area contributed by atoms with Gasteiger partial charge in [0.05, 0.1) is 18.3 Å². The number of hydrogen-bond donors (Lipinski definition) is 3. The van der Waals surface area contributed by atoms with Crippen LogP contribution in [0.15, 0.2) is 11.6 Å². The summed E-state index contributed by atoms with van der Waals surface area (Å²) in [5.74, 6) is 3.51. The van der Waals surface area contributed by atoms with Crippen LogP contribution in [0.1, 0.15) is 99.3 Å². The predicted molar refractivity (Wildman–Crippen MR) is 131 cm³/mol. The molecule has 0 spiro atoms. The second kappa shape index (κ2) is 9.00. The van der Waals surface area contributed by atoms with E-state index in [2.05, 4.69) is 47.6 Å². The highest BCUT2D eigenvalue weighted by Gasteiger charge is 2.63. The first kappa shape index (κ1) is 24.7. The Labute approximate surface area is 197 Å². The Bertz CT molecular complexity index is 701. The highest BCUT2D eigenvalue weighted by Crippen LogP contribution is 2.67. The summed E-state index contributed by atoms with van der Waals surface area (Å²) >= 11 is 0. The molecule has 0 aliphatic heterocycles. The van der Waals surface area contributed by atoms with Crippen LogP contribution >= 0.6 is 0 Å². The molecule has 0 heterocycles. The molecule has 3 heteroatoms. The van der Waals surface area contributed by atoms with Gasteiger partial charge in [-0.2, -0.15) is 0 Å². The molecule has 4 aliphatic carbocycles. The van der Waals surface area contributed by atoms with E-state index in [9.17, 15) is 15.3 Å². The summed E-state index contributed by atoms with van der Waals surface area (Å²) in [5.41, 5.74) is 1.54. The molecule has 3 fully saturated rings. The molecule has 0 amide bonds. The lowest BCUT2D eigenvalue weighted by atomic mass is 9.46. The van der Waals surface area contributed by atoms with E-state index in [1.807, 2.05) is 0 Å². The van der Waals surface area contributed by atoms with E-state index in [0.29, 0.717) is 23.7 Å². The van der Waals surface area contributed by atoms with Crippen LogP contribution < -0.4 is 0 Å². The molecule has 0 saturated heterocycles. The molecule has 0 radical (unpaired) electrons. The van der Waals surface area contributed by atoms with Crippen LogP contribution in [0.5, 0.6) is 0 Å². The fourth-order valence-electron chi connectivity index (χ4n) is 9.38. The van der Waals surface area contributed by atoms with Gasteiger partial charge in [0.25, 0.3) is 0 Å². The molecular formula is C29H50O3. The van der Waals surface area contributed by atoms with Crippen molar-refractivity contribution < 1.29 is 15.3 Å². The van der Waals surface area contributed by atoms with Gasteiger partial charge in [-0.3, -0.25) is 0 Å². The smallest absolute Gasteiger partial charge is 0.0757 e. The average Bonchev–Trinajstić information content (AvgIpc) is 2.99. The topological polar surface area (TPSA) is 60.7 Å². The first-order valence-electron chi connectivity index (χ1n) is 13.8. The standard InChI is InChI=1S/C29H50O3/c1-7-19(17(2)3)9-8-18(4)27-25(32)16-23-26-22(11-13-29(23,27)6)28(5)12-10-21(30)14-20(28)15-24(26)31/h15,17-19,21-27,30-32H,7-14,16H2,1-6H3/t18-,19-,21-,22+,23+,24-,25+,26-,27+,28+,29+/m1/s1. The predicted octanol–water partition coefficient (Wildman–Crippen LogP) is 5.97. The molecule has 0 bridgehead atoms. The second-order valence-corrected chi connectivity index (χ2v) is 13.1. The zero-order valence-corrected chi connectivity index (χ0v) is 21.6. The van der Waals surface area contributed by atoms with E-state index < -0.39 is 6.10 Å². The summed E-state index contributed by atoms with van der Waals surface area (Å²) in [5, 5.41) is 33.0. The third kappa shape index (κ3) is 3.93. The van der Waals surface area contributed by atoms with Gasteiger partial charge >= 0.3 is 0 Å². The Kier molecular flexibility index (Phi) is 6.96. The first-order valence-corrected chi connectivity index (χ1v) is 13.8. The zero-order valence-electron chi connectivity index (χ0n) is 21.6. The summed E-state index contributed by atoms with van der Waals surface area (Å²) in [4.78, 5) is 0. The molecule has 0 aromatic rings. The number of aliphatic hydroxyl groups is 3. The van der Waals surface area contributed by atoms with Gasteiger partial charge in [-0.1, -0.05) is 66.0 Å². The van der Waals surface area contributed by atoms with Crippen molar-refractivity contribution in [3.63, 3.8) is 0 Å². The van der Waals surface area contributed by atoms with Gasteiger partial charge in [0.2, 0.25) is 0 Å². The quantitative estimate of drug-likeness (QED) is 0.441. The fraction of sp³-hybridized carbons (Fsp3) is 0.931. The van der Waals surface area contributed by atoms with Crippen LogP contribution in [0.2, 0.25) is 0 Å². The van der Waals surface area contributed by atoms with Crippen LogP contribution in [-0.2, 0) is 0 Å². The molecule has 4 aliphatic rings. The van der Waals surface area contributed by atoms with Crippen molar-refractivity contribution in [1.82, 2.24) is 0 Å². The van der Waals surface area contributed by atoms with Crippen molar-refractivity contribution >= 4 is 0 Å². The van der Waals surface area contributed by atoms with Crippen molar-refractivity contribution in [1.29, 1.82) is 0 Å². The van der Waals surface area contributed by atoms with E-state index >= 15 is 0 Å². The minimum atomic E-state index is -0.426. The van der Waals surface area contributed by atoms with Crippen LogP contribution in [0.4, 0.5) is 0 Å². The van der Waals surface area contributed by atoms with E-state index in [0.717, 1.165) is 43.9 Å². The molecule has 32 heavy (non-hydrogen) atoms. The van der Waals surface area contributed by atoms with Gasteiger partial charge in [0.15, 0.2) is 0 Å². The Morgan fingerprint density at radius 1 is 1.00 bits per heavy atom. The summed E-state index contributed by atoms with van der Waals surface area (Å²) in [7, 11) is 0. The molecule has 3 N–H and O–H groups in total. The van der Waals surface area contributed by atoms with Crippen molar-refractivity contribution in [2.45, 2.75) is 118 Å². The SMILES string of the molecule is CC[C@H](CC[C@@H](C)[C@H]1[C@@H](O)C[C@H]2[C@@H]3[C@H](O)C=C4C[C@H](O)CC[C@]4(C)[C@H]3CC[C@]12C)C(C)C. The molecule has 4 rings (SSSR count). The number of fused-ring (bicyclic) bond motifs is 5. The van der Waals surface area contributed by atoms with Crippen LogP contribution in [0.25, 0.3) is 0 Å². The van der Waals surface area contributed by atoms with Gasteiger partial charge in [-0.05, 0) is 97.2 Å². The average molecular weight is 447 g/mol. The number of aliphatic hydroxyl groups excluding tert-OH is 3. The Morgan fingerprint density at radius 2 is 1.72 bits per heavy atom. The number of rotatable bonds is 6. The minimum Gasteiger partial charge on any atom is -0.393 e. The lowest BCUT2D eigenvalue weighted by molar-refractivity contribution is -0.0989. The van der Waals surface area contributed by atoms with E-state index in [-0.39, 0.29) is 29.0 Å². The van der Waals surface area contributed by atoms with Crippen LogP contribution in [0, 0.1) is 52.3 Å². The van der Waals surface area contributed by atoms with Crippen molar-refractivity contribution in [3.8, 4) is 0 Å². The number of hydrogen-bond acceptors (Lipinski definition) is 3. The molecule has 184 valence electrons. The van der Waals surface area contributed by atoms with Gasteiger partial charge in [-0.25, -0.2) is 0 Å². The van der Waals surface area contributed by atoms with Crippen molar-refractivity contribution in [2.75, 3.05) is 0 Å². The molecule has 3 saturated carbocycles. The van der Waals surface area contributed by atoms with Crippen molar-refractivity contribution in [3.05, 3.63) is 11.6 Å². The van der Waals surface area contributed by atoms with Gasteiger partial charge in [0.1, 0.15) is 0 Å². The third-order valence-corrected chi connectivity index (χ3v) is 11.3. The van der Waals surface area contributed by atoms with E-state index in [4.69, 9.17) is 0 Å². The van der Waals surface area contributed by atoms with Crippen LogP contribution in [0.3, 0.4) is 0 Å². The molecule has 0 aromatic heterocycles. The summed E-state index contributed by atoms with van der Waals surface area (Å²) in [6, 6.07) is 0. The van der Waals surface area contributed by atoms with Crippen molar-refractivity contribution in [2.24, 2.45) is 52.3 Å². The fourth-order valence-corrected chi connectivity index (χ4v) is 9.38. The Morgan fingerprint density at radius 3 is 2.38 bits per heavy atom. The van der Waals surface area contributed by atoms with Gasteiger partial charge < -0.3 is 15.3 Å². The summed E-state index contributed by atoms with van der Waals surface area (Å²) in [6.45, 7) is 14.2. The van der Waals surface area contributed by atoms with Crippen LogP contribution in [-0.4, -0.2) is 33.6 Å². The summed E-state index contributed by atoms with van der Waals surface area (Å²) < 4.78 is 0. The minimum absolute atomic E-state index is 0.116.